The van der Waals surface area contributed by atoms with Gasteiger partial charge in [0.15, 0.2) is 4.80 Å². The number of allylic oxidation sites excluding steroid dienone is 1. The number of rotatable bonds is 8. The van der Waals surface area contributed by atoms with E-state index >= 15 is 0 Å². The smallest absolute Gasteiger partial charge is 0.338 e. The number of hydrogen-bond donors (Lipinski definition) is 0. The summed E-state index contributed by atoms with van der Waals surface area (Å²) in [7, 11) is 2.20. The molecule has 5 aromatic rings. The molecule has 1 aliphatic rings. The lowest BCUT2D eigenvalue weighted by Crippen LogP contribution is -2.39. The highest BCUT2D eigenvalue weighted by Gasteiger charge is 2.33. The fourth-order valence-electron chi connectivity index (χ4n) is 5.36. The number of fused-ring (bicyclic) bond motifs is 1. The minimum atomic E-state index is -3.63. The third-order valence-corrected chi connectivity index (χ3v) is 10.6. The highest BCUT2D eigenvalue weighted by atomic mass is 32.2. The fraction of sp³-hybridized carbons (Fsp3) is 0.176. The van der Waals surface area contributed by atoms with E-state index in [0.29, 0.717) is 43.2 Å². The lowest BCUT2D eigenvalue weighted by atomic mass is 9.96. The number of benzene rings is 3. The molecule has 0 N–H and O–H groups in total. The molecular formula is C34H31N5O6S2. The normalized spacial score (nSPS) is 15.0. The van der Waals surface area contributed by atoms with Crippen molar-refractivity contribution >= 4 is 33.4 Å². The van der Waals surface area contributed by atoms with Gasteiger partial charge in [-0.25, -0.2) is 27.2 Å². The number of thiazole rings is 1. The lowest BCUT2D eigenvalue weighted by molar-refractivity contribution is -0.136. The number of para-hydroxylation sites is 1. The first-order valence-corrected chi connectivity index (χ1v) is 16.7. The molecule has 1 aliphatic heterocycles. The third-order valence-electron chi connectivity index (χ3n) is 7.81. The summed E-state index contributed by atoms with van der Waals surface area (Å²) in [4.78, 5) is 32.5. The first-order chi connectivity index (χ1) is 22.5. The predicted octanol–water partition coefficient (Wildman–Crippen LogP) is 3.52. The number of carbonyl (C=O) groups is 1. The van der Waals surface area contributed by atoms with Gasteiger partial charge < -0.3 is 9.47 Å². The van der Waals surface area contributed by atoms with Crippen LogP contribution in [0.15, 0.2) is 111 Å². The predicted molar refractivity (Wildman–Crippen MR) is 179 cm³/mol. The van der Waals surface area contributed by atoms with Crippen LogP contribution in [0.1, 0.15) is 24.1 Å². The van der Waals surface area contributed by atoms with Crippen LogP contribution in [0.3, 0.4) is 0 Å². The van der Waals surface area contributed by atoms with E-state index in [9.17, 15) is 18.0 Å². The minimum absolute atomic E-state index is 0.152. The maximum Gasteiger partial charge on any atom is 0.338 e. The first-order valence-electron chi connectivity index (χ1n) is 14.5. The van der Waals surface area contributed by atoms with Crippen LogP contribution in [0.25, 0.3) is 23.0 Å². The van der Waals surface area contributed by atoms with Crippen molar-refractivity contribution < 1.29 is 22.7 Å². The molecule has 0 saturated carbocycles. The van der Waals surface area contributed by atoms with Gasteiger partial charge in [0, 0.05) is 31.4 Å². The number of nitrogens with zero attached hydrogens (tertiary/aromatic N) is 5. The Kier molecular flexibility index (Phi) is 8.53. The summed E-state index contributed by atoms with van der Waals surface area (Å²) in [5, 5.41) is 4.84. The monoisotopic (exact) mass is 669 g/mol. The molecule has 0 fully saturated rings. The molecule has 1 unspecified atom stereocenters. The van der Waals surface area contributed by atoms with E-state index in [0.717, 1.165) is 9.99 Å². The topological polar surface area (TPSA) is 125 Å². The van der Waals surface area contributed by atoms with Gasteiger partial charge >= 0.3 is 5.97 Å². The van der Waals surface area contributed by atoms with Crippen LogP contribution in [0.5, 0.6) is 5.75 Å². The summed E-state index contributed by atoms with van der Waals surface area (Å²) in [6.07, 6.45) is 3.57. The summed E-state index contributed by atoms with van der Waals surface area (Å²) >= 11 is 1.20. The molecule has 3 heterocycles. The van der Waals surface area contributed by atoms with Crippen molar-refractivity contribution in [2.75, 3.05) is 28.3 Å². The van der Waals surface area contributed by atoms with E-state index in [2.05, 4.69) is 4.99 Å². The highest BCUT2D eigenvalue weighted by Crippen LogP contribution is 2.32. The van der Waals surface area contributed by atoms with Crippen molar-refractivity contribution in [2.24, 2.45) is 4.99 Å². The summed E-state index contributed by atoms with van der Waals surface area (Å²) in [6.45, 7) is 1.72. The molecule has 47 heavy (non-hydrogen) atoms. The van der Waals surface area contributed by atoms with Gasteiger partial charge in [-0.3, -0.25) is 9.36 Å². The van der Waals surface area contributed by atoms with Gasteiger partial charge in [-0.15, -0.1) is 0 Å². The zero-order valence-electron chi connectivity index (χ0n) is 26.2. The van der Waals surface area contributed by atoms with Crippen molar-refractivity contribution in [3.63, 3.8) is 0 Å². The molecule has 1 atom stereocenters. The Morgan fingerprint density at radius 2 is 1.66 bits per heavy atom. The van der Waals surface area contributed by atoms with E-state index in [-0.39, 0.29) is 16.0 Å². The minimum Gasteiger partial charge on any atom is -0.497 e. The molecule has 13 heteroatoms. The lowest BCUT2D eigenvalue weighted by Gasteiger charge is -2.24. The number of carbonyl (C=O) groups excluding carboxylic acids is 1. The van der Waals surface area contributed by atoms with E-state index in [1.165, 1.54) is 49.2 Å². The molecule has 240 valence electrons. The van der Waals surface area contributed by atoms with E-state index in [4.69, 9.17) is 14.6 Å². The standard InChI is InChI=1S/C34H31N5O6S2/c1-21-29(33(41)45-5)31(23-11-15-26(44-4)16-12-23)39-32(40)28(46-34(39)35-21)19-24-20-38(25-9-7-6-8-10-25)36-30(24)22-13-17-27(18-14-22)47(42,43)37(2)3/h6-20,31H,1-5H3. The molecule has 0 amide bonds. The Labute approximate surface area is 275 Å². The Morgan fingerprint density at radius 1 is 0.979 bits per heavy atom. The number of methoxy groups -OCH3 is 2. The Balaban J connectivity index is 1.54. The number of sulfonamides is 1. The highest BCUT2D eigenvalue weighted by molar-refractivity contribution is 7.89. The number of esters is 1. The van der Waals surface area contributed by atoms with Gasteiger partial charge in [-0.05, 0) is 55.0 Å². The van der Waals surface area contributed by atoms with Crippen LogP contribution in [-0.4, -0.2) is 61.4 Å². The number of ether oxygens (including phenoxy) is 2. The number of hydrogen-bond acceptors (Lipinski definition) is 9. The van der Waals surface area contributed by atoms with Gasteiger partial charge in [0.25, 0.3) is 5.56 Å². The Hall–Kier alpha value is -5.11. The second-order valence-electron chi connectivity index (χ2n) is 10.9. The van der Waals surface area contributed by atoms with Crippen molar-refractivity contribution in [1.29, 1.82) is 0 Å². The SMILES string of the molecule is COC(=O)C1=C(C)N=c2sc(=Cc3cn(-c4ccccc4)nc3-c3ccc(S(=O)(=O)N(C)C)cc3)c(=O)n2C1c1ccc(OC)cc1. The Morgan fingerprint density at radius 3 is 2.28 bits per heavy atom. The summed E-state index contributed by atoms with van der Waals surface area (Å²) in [5.41, 5.74) is 3.72. The van der Waals surface area contributed by atoms with Crippen molar-refractivity contribution in [2.45, 2.75) is 17.9 Å². The molecule has 0 bridgehead atoms. The molecule has 0 radical (unpaired) electrons. The van der Waals surface area contributed by atoms with Crippen LogP contribution in [0, 0.1) is 0 Å². The average Bonchev–Trinajstić information content (AvgIpc) is 3.64. The molecule has 0 aliphatic carbocycles. The largest absolute Gasteiger partial charge is 0.497 e. The van der Waals surface area contributed by atoms with E-state index in [1.807, 2.05) is 48.7 Å². The van der Waals surface area contributed by atoms with Crippen LogP contribution in [0.2, 0.25) is 0 Å². The summed E-state index contributed by atoms with van der Waals surface area (Å²) in [5.74, 6) is 0.0595. The molecule has 6 rings (SSSR count). The third kappa shape index (κ3) is 5.84. The zero-order valence-corrected chi connectivity index (χ0v) is 27.9. The van der Waals surface area contributed by atoms with Crippen LogP contribution < -0.4 is 19.6 Å². The van der Waals surface area contributed by atoms with Crippen molar-refractivity contribution in [1.82, 2.24) is 18.7 Å². The maximum atomic E-state index is 14.2. The molecular weight excluding hydrogens is 639 g/mol. The molecule has 11 nitrogen and oxygen atoms in total. The van der Waals surface area contributed by atoms with Gasteiger partial charge in [-0.1, -0.05) is 53.8 Å². The van der Waals surface area contributed by atoms with Crippen LogP contribution in [0.4, 0.5) is 0 Å². The van der Waals surface area contributed by atoms with Gasteiger partial charge in [0.05, 0.1) is 52.3 Å². The summed E-state index contributed by atoms with van der Waals surface area (Å²) < 4.78 is 40.6. The second-order valence-corrected chi connectivity index (χ2v) is 14.0. The maximum absolute atomic E-state index is 14.2. The van der Waals surface area contributed by atoms with Gasteiger partial charge in [-0.2, -0.15) is 5.10 Å². The average molecular weight is 670 g/mol. The molecule has 0 saturated heterocycles. The van der Waals surface area contributed by atoms with Crippen LogP contribution >= 0.6 is 11.3 Å². The Bertz CT molecular complexity index is 2300. The van der Waals surface area contributed by atoms with Crippen LogP contribution in [-0.2, 0) is 19.6 Å². The van der Waals surface area contributed by atoms with E-state index in [1.54, 1.807) is 49.1 Å². The van der Waals surface area contributed by atoms with E-state index < -0.39 is 22.0 Å². The number of aromatic nitrogens is 3. The van der Waals surface area contributed by atoms with Crippen molar-refractivity contribution in [3.8, 4) is 22.7 Å². The fourth-order valence-corrected chi connectivity index (χ4v) is 7.30. The van der Waals surface area contributed by atoms with Crippen molar-refractivity contribution in [3.05, 3.63) is 127 Å². The van der Waals surface area contributed by atoms with Gasteiger partial charge in [0.1, 0.15) is 5.75 Å². The quantitative estimate of drug-likeness (QED) is 0.232. The summed E-state index contributed by atoms with van der Waals surface area (Å²) in [6, 6.07) is 22.4. The second kappa shape index (κ2) is 12.6. The zero-order chi connectivity index (χ0) is 33.5. The van der Waals surface area contributed by atoms with Gasteiger partial charge in [0.2, 0.25) is 10.0 Å². The first kappa shape index (κ1) is 31.9. The molecule has 2 aromatic heterocycles. The molecule has 3 aromatic carbocycles. The molecule has 0 spiro atoms.